The normalized spacial score (nSPS) is 52.2. The second kappa shape index (κ2) is 4.20. The highest BCUT2D eigenvalue weighted by molar-refractivity contribution is 5.74. The molecule has 2 aliphatic heterocycles. The van der Waals surface area contributed by atoms with Crippen LogP contribution in [0.3, 0.4) is 0 Å². The molecule has 0 radical (unpaired) electrons. The summed E-state index contributed by atoms with van der Waals surface area (Å²) in [5.41, 5.74) is -0.636. The number of cyclic esters (lactones) is 1. The zero-order valence-corrected chi connectivity index (χ0v) is 11.1. The van der Waals surface area contributed by atoms with Gasteiger partial charge in [-0.05, 0) is 38.5 Å². The van der Waals surface area contributed by atoms with Crippen molar-refractivity contribution < 1.29 is 19.4 Å². The summed E-state index contributed by atoms with van der Waals surface area (Å²) in [6.45, 7) is 3.95. The molecule has 1 aliphatic carbocycles. The molecule has 2 heterocycles. The molecule has 3 rings (SSSR count). The van der Waals surface area contributed by atoms with E-state index in [9.17, 15) is 9.90 Å². The van der Waals surface area contributed by atoms with Crippen molar-refractivity contribution in [3.05, 3.63) is 0 Å². The maximum Gasteiger partial charge on any atom is 0.311 e. The van der Waals surface area contributed by atoms with E-state index >= 15 is 0 Å². The molecule has 4 unspecified atom stereocenters. The van der Waals surface area contributed by atoms with Crippen molar-refractivity contribution in [3.8, 4) is 0 Å². The Labute approximate surface area is 108 Å². The van der Waals surface area contributed by atoms with Crippen molar-refractivity contribution in [2.45, 2.75) is 63.9 Å². The molecule has 102 valence electrons. The maximum atomic E-state index is 11.8. The summed E-state index contributed by atoms with van der Waals surface area (Å²) in [5.74, 6) is -0.00430. The molecule has 1 N–H and O–H groups in total. The highest BCUT2D eigenvalue weighted by Gasteiger charge is 2.62. The molecule has 18 heavy (non-hydrogen) atoms. The fourth-order valence-electron chi connectivity index (χ4n) is 4.29. The summed E-state index contributed by atoms with van der Waals surface area (Å²) >= 11 is 0. The summed E-state index contributed by atoms with van der Waals surface area (Å²) < 4.78 is 11.4. The standard InChI is InChI=1S/C14H22O4/c1-8-6-7-10-4-3-5-11-9(2)12(15)17-13(16)14(10,11)18-8/h8-11,13,16H,3-7H2,1-2H3/t8?,9?,10?,11-,13?,14+/m0/s1. The van der Waals surface area contributed by atoms with E-state index in [1.165, 1.54) is 0 Å². The van der Waals surface area contributed by atoms with Crippen molar-refractivity contribution in [1.29, 1.82) is 0 Å². The van der Waals surface area contributed by atoms with Crippen molar-refractivity contribution >= 4 is 5.97 Å². The molecular weight excluding hydrogens is 232 g/mol. The Morgan fingerprint density at radius 3 is 2.78 bits per heavy atom. The molecule has 0 bridgehead atoms. The van der Waals surface area contributed by atoms with E-state index in [4.69, 9.17) is 9.47 Å². The molecule has 1 spiro atoms. The number of aliphatic hydroxyl groups is 1. The molecule has 2 saturated heterocycles. The van der Waals surface area contributed by atoms with Gasteiger partial charge < -0.3 is 14.6 Å². The van der Waals surface area contributed by atoms with Gasteiger partial charge in [0.05, 0.1) is 12.0 Å². The Balaban J connectivity index is 2.00. The first-order chi connectivity index (χ1) is 8.55. The first kappa shape index (κ1) is 12.4. The van der Waals surface area contributed by atoms with E-state index in [-0.39, 0.29) is 23.9 Å². The summed E-state index contributed by atoms with van der Waals surface area (Å²) in [5, 5.41) is 10.3. The zero-order chi connectivity index (χ0) is 12.9. The highest BCUT2D eigenvalue weighted by Crippen LogP contribution is 2.54. The minimum absolute atomic E-state index is 0.107. The fourth-order valence-corrected chi connectivity index (χ4v) is 4.29. The van der Waals surface area contributed by atoms with E-state index in [0.717, 1.165) is 32.1 Å². The lowest BCUT2D eigenvalue weighted by atomic mass is 9.60. The molecule has 0 aromatic carbocycles. The van der Waals surface area contributed by atoms with Crippen LogP contribution in [0.4, 0.5) is 0 Å². The summed E-state index contributed by atoms with van der Waals surface area (Å²) in [6.07, 6.45) is 4.31. The molecule has 0 aromatic rings. The van der Waals surface area contributed by atoms with Gasteiger partial charge >= 0.3 is 5.97 Å². The number of carbonyl (C=O) groups excluding carboxylic acids is 1. The number of ether oxygens (including phenoxy) is 2. The van der Waals surface area contributed by atoms with Crippen LogP contribution < -0.4 is 0 Å². The quantitative estimate of drug-likeness (QED) is 0.670. The zero-order valence-electron chi connectivity index (χ0n) is 11.1. The van der Waals surface area contributed by atoms with Crippen LogP contribution in [0.15, 0.2) is 0 Å². The first-order valence-electron chi connectivity index (χ1n) is 7.12. The summed E-state index contributed by atoms with van der Waals surface area (Å²) in [4.78, 5) is 11.8. The summed E-state index contributed by atoms with van der Waals surface area (Å²) in [6, 6.07) is 0. The third-order valence-electron chi connectivity index (χ3n) is 5.20. The van der Waals surface area contributed by atoms with E-state index in [2.05, 4.69) is 0 Å². The van der Waals surface area contributed by atoms with Gasteiger partial charge in [0.15, 0.2) is 0 Å². The molecule has 1 saturated carbocycles. The van der Waals surface area contributed by atoms with Gasteiger partial charge in [-0.3, -0.25) is 4.79 Å². The van der Waals surface area contributed by atoms with Crippen molar-refractivity contribution in [3.63, 3.8) is 0 Å². The molecule has 0 amide bonds. The van der Waals surface area contributed by atoms with Crippen molar-refractivity contribution in [2.75, 3.05) is 0 Å². The molecule has 0 aromatic heterocycles. The Kier molecular flexibility index (Phi) is 2.90. The predicted octanol–water partition coefficient (Wildman–Crippen LogP) is 1.85. The van der Waals surface area contributed by atoms with E-state index in [1.54, 1.807) is 0 Å². The number of esters is 1. The van der Waals surface area contributed by atoms with Crippen LogP contribution >= 0.6 is 0 Å². The Morgan fingerprint density at radius 2 is 2.00 bits per heavy atom. The van der Waals surface area contributed by atoms with Crippen molar-refractivity contribution in [1.82, 2.24) is 0 Å². The van der Waals surface area contributed by atoms with Crippen LogP contribution in [0.2, 0.25) is 0 Å². The molecule has 3 aliphatic rings. The van der Waals surface area contributed by atoms with Gasteiger partial charge in [0.25, 0.3) is 0 Å². The van der Waals surface area contributed by atoms with Crippen LogP contribution in [0.1, 0.15) is 46.0 Å². The smallest absolute Gasteiger partial charge is 0.311 e. The number of hydrogen-bond donors (Lipinski definition) is 1. The third kappa shape index (κ3) is 1.55. The predicted molar refractivity (Wildman–Crippen MR) is 64.6 cm³/mol. The van der Waals surface area contributed by atoms with Gasteiger partial charge in [-0.25, -0.2) is 0 Å². The van der Waals surface area contributed by atoms with Crippen LogP contribution in [-0.2, 0) is 14.3 Å². The van der Waals surface area contributed by atoms with Crippen LogP contribution in [0, 0.1) is 17.8 Å². The second-order valence-corrected chi connectivity index (χ2v) is 6.17. The fraction of sp³-hybridized carbons (Fsp3) is 0.929. The lowest BCUT2D eigenvalue weighted by Gasteiger charge is -2.58. The number of rotatable bonds is 0. The minimum atomic E-state index is -1.08. The minimum Gasteiger partial charge on any atom is -0.432 e. The lowest BCUT2D eigenvalue weighted by Crippen LogP contribution is -2.67. The van der Waals surface area contributed by atoms with E-state index in [0.29, 0.717) is 5.92 Å². The van der Waals surface area contributed by atoms with Crippen LogP contribution in [0.25, 0.3) is 0 Å². The first-order valence-corrected chi connectivity index (χ1v) is 7.12. The topological polar surface area (TPSA) is 55.8 Å². The molecular formula is C14H22O4. The Hall–Kier alpha value is -0.610. The maximum absolute atomic E-state index is 11.8. The van der Waals surface area contributed by atoms with Crippen LogP contribution in [0.5, 0.6) is 0 Å². The SMILES string of the molecule is CC1CCC2CCC[C@H]3C(C)C(=O)OC(O)[C@@]23O1. The summed E-state index contributed by atoms with van der Waals surface area (Å²) in [7, 11) is 0. The largest absolute Gasteiger partial charge is 0.432 e. The number of carbonyl (C=O) groups is 1. The van der Waals surface area contributed by atoms with Crippen molar-refractivity contribution in [2.24, 2.45) is 17.8 Å². The van der Waals surface area contributed by atoms with Gasteiger partial charge in [-0.2, -0.15) is 0 Å². The van der Waals surface area contributed by atoms with E-state index < -0.39 is 11.9 Å². The van der Waals surface area contributed by atoms with Crippen LogP contribution in [-0.4, -0.2) is 29.1 Å². The second-order valence-electron chi connectivity index (χ2n) is 6.17. The molecule has 3 fully saturated rings. The van der Waals surface area contributed by atoms with Gasteiger partial charge in [0.2, 0.25) is 6.29 Å². The number of aliphatic hydroxyl groups excluding tert-OH is 1. The molecule has 4 nitrogen and oxygen atoms in total. The number of hydrogen-bond acceptors (Lipinski definition) is 4. The average molecular weight is 254 g/mol. The monoisotopic (exact) mass is 254 g/mol. The third-order valence-corrected chi connectivity index (χ3v) is 5.20. The lowest BCUT2D eigenvalue weighted by molar-refractivity contribution is -0.325. The van der Waals surface area contributed by atoms with E-state index in [1.807, 2.05) is 13.8 Å². The van der Waals surface area contributed by atoms with Gasteiger partial charge in [0.1, 0.15) is 5.60 Å². The average Bonchev–Trinajstić information content (AvgIpc) is 2.35. The molecule has 4 heteroatoms. The van der Waals surface area contributed by atoms with Gasteiger partial charge in [-0.1, -0.05) is 13.3 Å². The Bertz CT molecular complexity index is 356. The van der Waals surface area contributed by atoms with Gasteiger partial charge in [0, 0.05) is 5.92 Å². The highest BCUT2D eigenvalue weighted by atomic mass is 16.7. The Morgan fingerprint density at radius 1 is 1.22 bits per heavy atom. The molecule has 6 atom stereocenters. The van der Waals surface area contributed by atoms with Gasteiger partial charge in [-0.15, -0.1) is 0 Å².